The largest absolute Gasteiger partial charge is 0.327 e. The molecule has 1 heterocycles. The summed E-state index contributed by atoms with van der Waals surface area (Å²) in [7, 11) is 0. The van der Waals surface area contributed by atoms with Gasteiger partial charge >= 0.3 is 0 Å². The van der Waals surface area contributed by atoms with Crippen LogP contribution in [0.4, 0.5) is 0 Å². The van der Waals surface area contributed by atoms with E-state index in [1.165, 1.54) is 37.7 Å². The maximum atomic E-state index is 12.8. The van der Waals surface area contributed by atoms with E-state index in [2.05, 4.69) is 24.0 Å². The summed E-state index contributed by atoms with van der Waals surface area (Å²) in [6, 6.07) is 10.5. The molecule has 1 saturated carbocycles. The molecule has 0 spiro atoms. The number of benzene rings is 1. The van der Waals surface area contributed by atoms with Crippen LogP contribution in [0.3, 0.4) is 0 Å². The van der Waals surface area contributed by atoms with E-state index in [0.717, 1.165) is 29.9 Å². The lowest BCUT2D eigenvalue weighted by Crippen LogP contribution is -2.58. The van der Waals surface area contributed by atoms with Gasteiger partial charge in [-0.15, -0.1) is 0 Å². The molecule has 1 aromatic carbocycles. The summed E-state index contributed by atoms with van der Waals surface area (Å²) in [6.45, 7) is 2.88. The average molecular weight is 346 g/mol. The minimum Gasteiger partial charge on any atom is -0.327 e. The first kappa shape index (κ1) is 17.5. The summed E-state index contributed by atoms with van der Waals surface area (Å²) in [6.07, 6.45) is 9.38. The number of allylic oxidation sites excluding steroid dienone is 1. The van der Waals surface area contributed by atoms with Crippen molar-refractivity contribution >= 4 is 17.5 Å². The molecule has 1 unspecified atom stereocenters. The molecule has 1 aliphatic carbocycles. The van der Waals surface area contributed by atoms with Crippen LogP contribution in [-0.2, 0) is 11.3 Å². The molecule has 0 bridgehead atoms. The van der Waals surface area contributed by atoms with Crippen LogP contribution in [-0.4, -0.2) is 16.8 Å². The Balaban J connectivity index is 1.81. The summed E-state index contributed by atoms with van der Waals surface area (Å²) < 4.78 is 0. The van der Waals surface area contributed by atoms with E-state index < -0.39 is 0 Å². The molecule has 3 heteroatoms. The number of β-lactam (4-membered cyclic amide) rings is 1. The van der Waals surface area contributed by atoms with E-state index in [-0.39, 0.29) is 11.9 Å². The summed E-state index contributed by atoms with van der Waals surface area (Å²) in [5.74, 6) is 0.751. The van der Waals surface area contributed by atoms with Gasteiger partial charge < -0.3 is 4.90 Å². The second kappa shape index (κ2) is 8.20. The molecule has 1 aromatic rings. The highest BCUT2D eigenvalue weighted by molar-refractivity contribution is 6.32. The molecule has 1 amide bonds. The van der Waals surface area contributed by atoms with Crippen molar-refractivity contribution in [2.24, 2.45) is 5.92 Å². The molecular weight excluding hydrogens is 318 g/mol. The maximum absolute atomic E-state index is 12.8. The smallest absolute Gasteiger partial charge is 0.253 e. The first-order valence-corrected chi connectivity index (χ1v) is 9.83. The monoisotopic (exact) mass is 345 g/mol. The van der Waals surface area contributed by atoms with Crippen molar-refractivity contribution in [3.8, 4) is 0 Å². The first-order valence-electron chi connectivity index (χ1n) is 9.45. The van der Waals surface area contributed by atoms with Gasteiger partial charge in [0.2, 0.25) is 0 Å². The summed E-state index contributed by atoms with van der Waals surface area (Å²) in [5.41, 5.74) is 2.13. The fourth-order valence-corrected chi connectivity index (χ4v) is 4.46. The van der Waals surface area contributed by atoms with Crippen LogP contribution in [0, 0.1) is 5.92 Å². The Bertz CT molecular complexity index is 589. The molecule has 2 aliphatic rings. The molecule has 3 rings (SSSR count). The lowest BCUT2D eigenvalue weighted by Gasteiger charge is -2.48. The third kappa shape index (κ3) is 3.69. The number of carbonyl (C=O) groups excluding carboxylic acids is 1. The van der Waals surface area contributed by atoms with E-state index in [9.17, 15) is 4.79 Å². The topological polar surface area (TPSA) is 20.3 Å². The van der Waals surface area contributed by atoms with Crippen LogP contribution in [0.25, 0.3) is 0 Å². The SMILES string of the molecule is CCCC/C(Cl)=C1\C(=O)N(Cc2ccccc2)C1C1CCCCC1. The van der Waals surface area contributed by atoms with Crippen molar-refractivity contribution in [3.05, 3.63) is 46.5 Å². The Morgan fingerprint density at radius 2 is 1.88 bits per heavy atom. The lowest BCUT2D eigenvalue weighted by molar-refractivity contribution is -0.140. The van der Waals surface area contributed by atoms with Gasteiger partial charge in [0.1, 0.15) is 0 Å². The number of hydrogen-bond donors (Lipinski definition) is 0. The van der Waals surface area contributed by atoms with Crippen molar-refractivity contribution in [2.75, 3.05) is 0 Å². The quantitative estimate of drug-likeness (QED) is 0.481. The van der Waals surface area contributed by atoms with Gasteiger partial charge in [-0.1, -0.05) is 74.5 Å². The number of halogens is 1. The Hall–Kier alpha value is -1.28. The number of likely N-dealkylation sites (tertiary alicyclic amines) is 1. The van der Waals surface area contributed by atoms with E-state index in [1.807, 2.05) is 18.2 Å². The fourth-order valence-electron chi connectivity index (χ4n) is 4.13. The van der Waals surface area contributed by atoms with Crippen molar-refractivity contribution in [1.82, 2.24) is 4.90 Å². The highest BCUT2D eigenvalue weighted by atomic mass is 35.5. The van der Waals surface area contributed by atoms with Crippen molar-refractivity contribution in [3.63, 3.8) is 0 Å². The van der Waals surface area contributed by atoms with Crippen LogP contribution < -0.4 is 0 Å². The molecule has 130 valence electrons. The van der Waals surface area contributed by atoms with Gasteiger partial charge in [-0.2, -0.15) is 0 Å². The Kier molecular flexibility index (Phi) is 5.99. The van der Waals surface area contributed by atoms with Gasteiger partial charge in [-0.05, 0) is 37.2 Å². The standard InChI is InChI=1S/C21H28ClNO/c1-2-3-14-18(22)19-20(17-12-8-5-9-13-17)23(21(19)24)15-16-10-6-4-7-11-16/h4,6-7,10-11,17,20H,2-3,5,8-9,12-15H2,1H3/b19-18+. The number of unbranched alkanes of at least 4 members (excludes halogenated alkanes) is 1. The van der Waals surface area contributed by atoms with E-state index in [0.29, 0.717) is 12.5 Å². The average Bonchev–Trinajstić information content (AvgIpc) is 2.63. The molecule has 2 nitrogen and oxygen atoms in total. The lowest BCUT2D eigenvalue weighted by atomic mass is 9.75. The van der Waals surface area contributed by atoms with Crippen LogP contribution in [0.5, 0.6) is 0 Å². The van der Waals surface area contributed by atoms with Crippen LogP contribution in [0.2, 0.25) is 0 Å². The third-order valence-corrected chi connectivity index (χ3v) is 5.85. The molecule has 24 heavy (non-hydrogen) atoms. The number of amides is 1. The van der Waals surface area contributed by atoms with E-state index >= 15 is 0 Å². The highest BCUT2D eigenvalue weighted by Crippen LogP contribution is 2.42. The van der Waals surface area contributed by atoms with Gasteiger partial charge in [-0.3, -0.25) is 4.79 Å². The second-order valence-electron chi connectivity index (χ2n) is 7.18. The zero-order valence-corrected chi connectivity index (χ0v) is 15.4. The molecule has 0 radical (unpaired) electrons. The molecule has 1 atom stereocenters. The zero-order chi connectivity index (χ0) is 16.9. The number of nitrogens with zero attached hydrogens (tertiary/aromatic N) is 1. The van der Waals surface area contributed by atoms with Gasteiger partial charge in [0.25, 0.3) is 5.91 Å². The molecule has 0 N–H and O–H groups in total. The van der Waals surface area contributed by atoms with E-state index in [1.54, 1.807) is 0 Å². The summed E-state index contributed by atoms with van der Waals surface area (Å²) in [5, 5.41) is 0.821. The highest BCUT2D eigenvalue weighted by Gasteiger charge is 2.47. The third-order valence-electron chi connectivity index (χ3n) is 5.46. The van der Waals surface area contributed by atoms with E-state index in [4.69, 9.17) is 11.6 Å². The first-order chi connectivity index (χ1) is 11.7. The maximum Gasteiger partial charge on any atom is 0.253 e. The van der Waals surface area contributed by atoms with Gasteiger partial charge in [0.05, 0.1) is 11.6 Å². The molecule has 1 aliphatic heterocycles. The van der Waals surface area contributed by atoms with Gasteiger partial charge in [-0.25, -0.2) is 0 Å². The van der Waals surface area contributed by atoms with Crippen molar-refractivity contribution in [2.45, 2.75) is 70.9 Å². The predicted octanol–water partition coefficient (Wildman–Crippen LogP) is 5.66. The second-order valence-corrected chi connectivity index (χ2v) is 7.64. The zero-order valence-electron chi connectivity index (χ0n) is 14.6. The Morgan fingerprint density at radius 3 is 2.54 bits per heavy atom. The van der Waals surface area contributed by atoms with Crippen LogP contribution in [0.1, 0.15) is 63.9 Å². The van der Waals surface area contributed by atoms with Crippen LogP contribution >= 0.6 is 11.6 Å². The fraction of sp³-hybridized carbons (Fsp3) is 0.571. The predicted molar refractivity (Wildman–Crippen MR) is 99.8 cm³/mol. The van der Waals surface area contributed by atoms with Crippen molar-refractivity contribution < 1.29 is 4.79 Å². The molecule has 2 fully saturated rings. The minimum absolute atomic E-state index is 0.163. The number of rotatable bonds is 6. The summed E-state index contributed by atoms with van der Waals surface area (Å²) >= 11 is 6.57. The number of hydrogen-bond acceptors (Lipinski definition) is 1. The Labute approximate surface area is 150 Å². The minimum atomic E-state index is 0.163. The molecule has 0 aromatic heterocycles. The van der Waals surface area contributed by atoms with Crippen molar-refractivity contribution in [1.29, 1.82) is 0 Å². The van der Waals surface area contributed by atoms with Gasteiger partial charge in [0, 0.05) is 11.6 Å². The Morgan fingerprint density at radius 1 is 1.17 bits per heavy atom. The molecular formula is C21H28ClNO. The van der Waals surface area contributed by atoms with Gasteiger partial charge in [0.15, 0.2) is 0 Å². The molecule has 1 saturated heterocycles. The van der Waals surface area contributed by atoms with Crippen LogP contribution in [0.15, 0.2) is 40.9 Å². The normalized spacial score (nSPS) is 24.0. The summed E-state index contributed by atoms with van der Waals surface area (Å²) in [4.78, 5) is 14.9. The number of carbonyl (C=O) groups is 1.